The summed E-state index contributed by atoms with van der Waals surface area (Å²) in [5.74, 6) is -0.739. The average Bonchev–Trinajstić information content (AvgIpc) is 3.36. The molecule has 5 rings (SSSR count). The molecule has 0 atom stereocenters. The number of nitrogens with one attached hydrogen (secondary N) is 2. The lowest BCUT2D eigenvalue weighted by molar-refractivity contribution is 0.0948. The van der Waals surface area contributed by atoms with Crippen molar-refractivity contribution in [3.05, 3.63) is 100 Å². The van der Waals surface area contributed by atoms with E-state index in [-0.39, 0.29) is 51.8 Å². The number of aromatic nitrogens is 1. The van der Waals surface area contributed by atoms with Crippen molar-refractivity contribution in [3.8, 4) is 10.6 Å². The first-order valence-electron chi connectivity index (χ1n) is 11.5. The van der Waals surface area contributed by atoms with Crippen LogP contribution in [-0.4, -0.2) is 36.3 Å². The van der Waals surface area contributed by atoms with Crippen LogP contribution in [0.2, 0.25) is 0 Å². The number of carbonyl (C=O) groups excluding carboxylic acids is 2. The van der Waals surface area contributed by atoms with Crippen LogP contribution < -0.4 is 10.6 Å². The van der Waals surface area contributed by atoms with Crippen molar-refractivity contribution in [2.45, 2.75) is 29.3 Å². The number of carboxylic acid groups (broad SMARTS) is 1. The Balaban J connectivity index is 1.32. The molecule has 2 heterocycles. The van der Waals surface area contributed by atoms with Crippen LogP contribution in [0.3, 0.4) is 0 Å². The molecule has 0 radical (unpaired) electrons. The van der Waals surface area contributed by atoms with Crippen molar-refractivity contribution in [1.29, 1.82) is 0 Å². The molecule has 9 nitrogen and oxygen atoms in total. The molecule has 192 valence electrons. The summed E-state index contributed by atoms with van der Waals surface area (Å²) in [6, 6.07) is 17.7. The summed E-state index contributed by atoms with van der Waals surface area (Å²) in [5.41, 5.74) is 2.24. The third-order valence-corrected chi connectivity index (χ3v) is 9.04. The topological polar surface area (TPSA) is 143 Å². The second-order valence-electron chi connectivity index (χ2n) is 8.55. The Bertz CT molecular complexity index is 1690. The van der Waals surface area contributed by atoms with Gasteiger partial charge in [-0.3, -0.25) is 9.59 Å². The lowest BCUT2D eigenvalue weighted by Gasteiger charge is -2.10. The molecule has 11 heteroatoms. The number of benzene rings is 3. The Morgan fingerprint density at radius 2 is 1.66 bits per heavy atom. The molecule has 0 fully saturated rings. The lowest BCUT2D eigenvalue weighted by atomic mass is 10.0. The van der Waals surface area contributed by atoms with Crippen LogP contribution in [0.4, 0.5) is 4.79 Å². The zero-order valence-corrected chi connectivity index (χ0v) is 21.4. The fourth-order valence-electron chi connectivity index (χ4n) is 4.28. The standard InChI is InChI=1S/C27H21N3O6S2/c31-22-12-18-11-16(9-10-23(18)38(35,36)24-8-4-3-7-21(22)24)25(32)28-14-19-15-29-26(37-19)20-6-2-1-5-17(20)13-30-27(33)34/h1-11,15,30H,12-14H2,(H,28,32)(H,33,34). The van der Waals surface area contributed by atoms with Gasteiger partial charge in [-0.05, 0) is 35.4 Å². The maximum absolute atomic E-state index is 13.2. The Morgan fingerprint density at radius 1 is 0.921 bits per heavy atom. The van der Waals surface area contributed by atoms with E-state index in [0.717, 1.165) is 16.0 Å². The van der Waals surface area contributed by atoms with Crippen molar-refractivity contribution >= 4 is 39.0 Å². The van der Waals surface area contributed by atoms with Crippen LogP contribution in [0.5, 0.6) is 0 Å². The van der Waals surface area contributed by atoms with E-state index in [1.54, 1.807) is 18.3 Å². The van der Waals surface area contributed by atoms with Gasteiger partial charge in [-0.15, -0.1) is 11.3 Å². The number of sulfone groups is 1. The molecule has 3 aromatic carbocycles. The zero-order valence-electron chi connectivity index (χ0n) is 19.8. The summed E-state index contributed by atoms with van der Waals surface area (Å²) >= 11 is 1.37. The third-order valence-electron chi connectivity index (χ3n) is 6.09. The van der Waals surface area contributed by atoms with Crippen LogP contribution in [0, 0.1) is 0 Å². The van der Waals surface area contributed by atoms with Crippen molar-refractivity contribution in [3.63, 3.8) is 0 Å². The number of Topliss-reactive ketones (excluding diaryl/α,β-unsaturated/α-hetero) is 1. The molecule has 1 aromatic heterocycles. The summed E-state index contributed by atoms with van der Waals surface area (Å²) in [6.07, 6.45) is 0.397. The largest absolute Gasteiger partial charge is 0.465 e. The molecular weight excluding hydrogens is 526 g/mol. The minimum atomic E-state index is -3.90. The van der Waals surface area contributed by atoms with Gasteiger partial charge in [0, 0.05) is 40.7 Å². The van der Waals surface area contributed by atoms with Gasteiger partial charge in [-0.25, -0.2) is 18.2 Å². The Morgan fingerprint density at radius 3 is 2.45 bits per heavy atom. The van der Waals surface area contributed by atoms with E-state index in [1.165, 1.54) is 41.7 Å². The molecule has 4 aromatic rings. The minimum Gasteiger partial charge on any atom is -0.465 e. The summed E-state index contributed by atoms with van der Waals surface area (Å²) in [4.78, 5) is 41.7. The second kappa shape index (κ2) is 10.2. The van der Waals surface area contributed by atoms with E-state index in [4.69, 9.17) is 5.11 Å². The van der Waals surface area contributed by atoms with E-state index in [2.05, 4.69) is 15.6 Å². The fourth-order valence-corrected chi connectivity index (χ4v) is 6.88. The highest BCUT2D eigenvalue weighted by molar-refractivity contribution is 7.91. The third kappa shape index (κ3) is 4.93. The first-order valence-corrected chi connectivity index (χ1v) is 13.8. The molecular formula is C27H21N3O6S2. The van der Waals surface area contributed by atoms with Crippen molar-refractivity contribution in [1.82, 2.24) is 15.6 Å². The quantitative estimate of drug-likeness (QED) is 0.330. The maximum atomic E-state index is 13.2. The Hall–Kier alpha value is -4.35. The first-order chi connectivity index (χ1) is 18.2. The Labute approximate surface area is 222 Å². The highest BCUT2D eigenvalue weighted by atomic mass is 32.2. The van der Waals surface area contributed by atoms with Crippen LogP contribution in [0.1, 0.15) is 36.7 Å². The molecule has 0 aliphatic carbocycles. The average molecular weight is 548 g/mol. The molecule has 0 spiro atoms. The van der Waals surface area contributed by atoms with Gasteiger partial charge >= 0.3 is 6.09 Å². The number of nitrogens with zero attached hydrogens (tertiary/aromatic N) is 1. The zero-order chi connectivity index (χ0) is 26.9. The van der Waals surface area contributed by atoms with Crippen LogP contribution in [0.25, 0.3) is 10.6 Å². The van der Waals surface area contributed by atoms with Crippen molar-refractivity contribution in [2.24, 2.45) is 0 Å². The minimum absolute atomic E-state index is 0.0236. The highest BCUT2D eigenvalue weighted by Crippen LogP contribution is 2.32. The summed E-state index contributed by atoms with van der Waals surface area (Å²) in [7, 11) is -3.90. The number of fused-ring (bicyclic) bond motifs is 2. The van der Waals surface area contributed by atoms with E-state index in [1.807, 2.05) is 24.3 Å². The molecule has 1 aliphatic heterocycles. The smallest absolute Gasteiger partial charge is 0.404 e. The molecule has 0 bridgehead atoms. The summed E-state index contributed by atoms with van der Waals surface area (Å²) in [5, 5.41) is 14.8. The molecule has 3 N–H and O–H groups in total. The van der Waals surface area contributed by atoms with Gasteiger partial charge in [-0.2, -0.15) is 0 Å². The maximum Gasteiger partial charge on any atom is 0.404 e. The Kier molecular flexibility index (Phi) is 6.79. The van der Waals surface area contributed by atoms with Crippen molar-refractivity contribution < 1.29 is 27.9 Å². The van der Waals surface area contributed by atoms with Crippen LogP contribution in [0.15, 0.2) is 82.7 Å². The van der Waals surface area contributed by atoms with Gasteiger partial charge in [0.05, 0.1) is 16.3 Å². The number of amides is 2. The molecule has 0 saturated carbocycles. The molecule has 2 amide bonds. The molecule has 0 unspecified atom stereocenters. The van der Waals surface area contributed by atoms with Gasteiger partial charge in [-0.1, -0.05) is 42.5 Å². The number of carbonyl (C=O) groups is 3. The van der Waals surface area contributed by atoms with Gasteiger partial charge in [0.2, 0.25) is 9.84 Å². The van der Waals surface area contributed by atoms with E-state index >= 15 is 0 Å². The predicted octanol–water partition coefficient (Wildman–Crippen LogP) is 4.08. The summed E-state index contributed by atoms with van der Waals surface area (Å²) in [6.45, 7) is 0.324. The van der Waals surface area contributed by atoms with Gasteiger partial charge < -0.3 is 15.7 Å². The predicted molar refractivity (Wildman–Crippen MR) is 140 cm³/mol. The normalized spacial score (nSPS) is 13.6. The van der Waals surface area contributed by atoms with Gasteiger partial charge in [0.25, 0.3) is 5.91 Å². The molecule has 38 heavy (non-hydrogen) atoms. The van der Waals surface area contributed by atoms with E-state index in [9.17, 15) is 22.8 Å². The van der Waals surface area contributed by atoms with E-state index in [0.29, 0.717) is 5.01 Å². The number of ketones is 1. The second-order valence-corrected chi connectivity index (χ2v) is 11.6. The fraction of sp³-hybridized carbons (Fsp3) is 0.111. The number of rotatable bonds is 6. The number of hydrogen-bond donors (Lipinski definition) is 3. The van der Waals surface area contributed by atoms with Gasteiger partial charge in [0.15, 0.2) is 5.78 Å². The van der Waals surface area contributed by atoms with Crippen LogP contribution in [-0.2, 0) is 29.3 Å². The SMILES string of the molecule is O=C(O)NCc1ccccc1-c1ncc(CNC(=O)c2ccc3c(c2)CC(=O)c2ccccc2S3(=O)=O)s1. The lowest BCUT2D eigenvalue weighted by Crippen LogP contribution is -2.22. The van der Waals surface area contributed by atoms with Crippen LogP contribution >= 0.6 is 11.3 Å². The first kappa shape index (κ1) is 25.3. The van der Waals surface area contributed by atoms with E-state index < -0.39 is 21.8 Å². The number of thiazole rings is 1. The van der Waals surface area contributed by atoms with Crippen molar-refractivity contribution in [2.75, 3.05) is 0 Å². The summed E-state index contributed by atoms with van der Waals surface area (Å²) < 4.78 is 26.4. The highest BCUT2D eigenvalue weighted by Gasteiger charge is 2.31. The van der Waals surface area contributed by atoms with Gasteiger partial charge in [0.1, 0.15) is 5.01 Å². The monoisotopic (exact) mass is 547 g/mol. The number of hydrogen-bond acceptors (Lipinski definition) is 7. The molecule has 1 aliphatic rings. The molecule has 0 saturated heterocycles.